The number of nitrogens with two attached hydrogens (primary N) is 1. The van der Waals surface area contributed by atoms with Crippen molar-refractivity contribution in [1.82, 2.24) is 15.0 Å². The zero-order valence-electron chi connectivity index (χ0n) is 10.8. The van der Waals surface area contributed by atoms with Crippen molar-refractivity contribution in [3.8, 4) is 6.01 Å². The third-order valence-electron chi connectivity index (χ3n) is 2.30. The van der Waals surface area contributed by atoms with Gasteiger partial charge in [-0.15, -0.1) is 0 Å². The molecule has 7 heteroatoms. The van der Waals surface area contributed by atoms with Gasteiger partial charge in [0.05, 0.1) is 12.9 Å². The zero-order valence-corrected chi connectivity index (χ0v) is 10.8. The average Bonchev–Trinajstić information content (AvgIpc) is 2.89. The molecule has 3 N–H and O–H groups in total. The minimum atomic E-state index is 0.140. The minimum Gasteiger partial charge on any atom is -0.469 e. The summed E-state index contributed by atoms with van der Waals surface area (Å²) >= 11 is 0. The van der Waals surface area contributed by atoms with Crippen molar-refractivity contribution in [2.24, 2.45) is 0 Å². The number of aromatic nitrogens is 3. The first-order chi connectivity index (χ1) is 9.28. The fourth-order valence-corrected chi connectivity index (χ4v) is 1.46. The third-order valence-corrected chi connectivity index (χ3v) is 2.30. The van der Waals surface area contributed by atoms with Crippen LogP contribution >= 0.6 is 0 Å². The molecule has 0 aliphatic heterocycles. The van der Waals surface area contributed by atoms with Crippen LogP contribution in [0.3, 0.4) is 0 Å². The van der Waals surface area contributed by atoms with Crippen molar-refractivity contribution in [2.75, 3.05) is 24.2 Å². The van der Waals surface area contributed by atoms with E-state index in [1.54, 1.807) is 6.26 Å². The molecule has 0 saturated heterocycles. The molecule has 2 heterocycles. The lowest BCUT2D eigenvalue weighted by atomic mass is 10.3. The van der Waals surface area contributed by atoms with E-state index in [1.807, 2.05) is 19.1 Å². The van der Waals surface area contributed by atoms with E-state index in [9.17, 15) is 0 Å². The van der Waals surface area contributed by atoms with Crippen LogP contribution in [0.15, 0.2) is 22.8 Å². The van der Waals surface area contributed by atoms with Gasteiger partial charge in [-0.3, -0.25) is 0 Å². The van der Waals surface area contributed by atoms with Crippen LogP contribution in [0.1, 0.15) is 19.1 Å². The van der Waals surface area contributed by atoms with Crippen molar-refractivity contribution in [3.05, 3.63) is 24.2 Å². The van der Waals surface area contributed by atoms with Gasteiger partial charge in [0.2, 0.25) is 11.9 Å². The molecule has 102 valence electrons. The van der Waals surface area contributed by atoms with E-state index in [0.717, 1.165) is 18.6 Å². The van der Waals surface area contributed by atoms with Gasteiger partial charge in [-0.25, -0.2) is 0 Å². The van der Waals surface area contributed by atoms with Gasteiger partial charge < -0.3 is 20.2 Å². The van der Waals surface area contributed by atoms with E-state index in [-0.39, 0.29) is 12.0 Å². The van der Waals surface area contributed by atoms with Crippen molar-refractivity contribution in [2.45, 2.75) is 19.8 Å². The molecule has 0 atom stereocenters. The molecule has 2 rings (SSSR count). The molecule has 0 saturated carbocycles. The molecule has 2 aromatic rings. The van der Waals surface area contributed by atoms with Crippen LogP contribution < -0.4 is 15.8 Å². The molecule has 0 fully saturated rings. The maximum atomic E-state index is 5.60. The summed E-state index contributed by atoms with van der Waals surface area (Å²) in [5, 5.41) is 3.06. The van der Waals surface area contributed by atoms with Crippen LogP contribution in [0.4, 0.5) is 11.9 Å². The van der Waals surface area contributed by atoms with Gasteiger partial charge >= 0.3 is 6.01 Å². The van der Waals surface area contributed by atoms with Gasteiger partial charge in [0.25, 0.3) is 0 Å². The Morgan fingerprint density at radius 3 is 3.00 bits per heavy atom. The maximum absolute atomic E-state index is 5.60. The van der Waals surface area contributed by atoms with Gasteiger partial charge in [-0.2, -0.15) is 15.0 Å². The summed E-state index contributed by atoms with van der Waals surface area (Å²) in [5.41, 5.74) is 5.60. The lowest BCUT2D eigenvalue weighted by Gasteiger charge is -2.07. The van der Waals surface area contributed by atoms with Gasteiger partial charge in [-0.1, -0.05) is 6.92 Å². The number of ether oxygens (including phenoxy) is 1. The number of rotatable bonds is 7. The van der Waals surface area contributed by atoms with Crippen LogP contribution in [-0.4, -0.2) is 28.1 Å². The van der Waals surface area contributed by atoms with Crippen molar-refractivity contribution >= 4 is 11.9 Å². The van der Waals surface area contributed by atoms with Gasteiger partial charge in [0.15, 0.2) is 0 Å². The molecule has 19 heavy (non-hydrogen) atoms. The molecule has 0 unspecified atom stereocenters. The SMILES string of the molecule is CCCOc1nc(N)nc(NCCc2ccco2)n1. The molecule has 0 aromatic carbocycles. The summed E-state index contributed by atoms with van der Waals surface area (Å²) in [4.78, 5) is 12.0. The fraction of sp³-hybridized carbons (Fsp3) is 0.417. The number of anilines is 2. The number of nitrogen functional groups attached to an aromatic ring is 1. The Kier molecular flexibility index (Phi) is 4.54. The molecule has 0 radical (unpaired) electrons. The lowest BCUT2D eigenvalue weighted by molar-refractivity contribution is 0.292. The number of nitrogens with zero attached hydrogens (tertiary/aromatic N) is 3. The lowest BCUT2D eigenvalue weighted by Crippen LogP contribution is -2.11. The van der Waals surface area contributed by atoms with Crippen molar-refractivity contribution < 1.29 is 9.15 Å². The summed E-state index contributed by atoms with van der Waals surface area (Å²) in [5.74, 6) is 1.45. The molecule has 0 spiro atoms. The largest absolute Gasteiger partial charge is 0.469 e. The first-order valence-corrected chi connectivity index (χ1v) is 6.18. The second-order valence-corrected chi connectivity index (χ2v) is 3.90. The van der Waals surface area contributed by atoms with Gasteiger partial charge in [0.1, 0.15) is 5.76 Å². The summed E-state index contributed by atoms with van der Waals surface area (Å²) in [6.07, 6.45) is 3.27. The number of nitrogens with one attached hydrogen (secondary N) is 1. The minimum absolute atomic E-state index is 0.140. The van der Waals surface area contributed by atoms with Crippen LogP contribution in [0.5, 0.6) is 6.01 Å². The van der Waals surface area contributed by atoms with Crippen LogP contribution in [0.2, 0.25) is 0 Å². The van der Waals surface area contributed by atoms with E-state index >= 15 is 0 Å². The van der Waals surface area contributed by atoms with E-state index in [0.29, 0.717) is 19.1 Å². The Morgan fingerprint density at radius 1 is 1.37 bits per heavy atom. The summed E-state index contributed by atoms with van der Waals surface area (Å²) in [7, 11) is 0. The smallest absolute Gasteiger partial charge is 0.323 e. The molecule has 0 aliphatic carbocycles. The third kappa shape index (κ3) is 4.13. The predicted octanol–water partition coefficient (Wildman–Crippen LogP) is 1.49. The van der Waals surface area contributed by atoms with Crippen LogP contribution in [0.25, 0.3) is 0 Å². The zero-order chi connectivity index (χ0) is 13.5. The topological polar surface area (TPSA) is 99.1 Å². The highest BCUT2D eigenvalue weighted by Gasteiger charge is 2.05. The fourth-order valence-electron chi connectivity index (χ4n) is 1.46. The summed E-state index contributed by atoms with van der Waals surface area (Å²) in [6.45, 7) is 3.20. The van der Waals surface area contributed by atoms with E-state index in [2.05, 4.69) is 20.3 Å². The first kappa shape index (κ1) is 13.1. The standard InChI is InChI=1S/C12H17N5O2/c1-2-7-19-12-16-10(13)15-11(17-12)14-6-5-9-4-3-8-18-9/h3-4,8H,2,5-7H2,1H3,(H3,13,14,15,16,17). The van der Waals surface area contributed by atoms with E-state index in [4.69, 9.17) is 14.9 Å². The summed E-state index contributed by atoms with van der Waals surface area (Å²) < 4.78 is 10.6. The van der Waals surface area contributed by atoms with E-state index < -0.39 is 0 Å². The average molecular weight is 263 g/mol. The van der Waals surface area contributed by atoms with Crippen LogP contribution in [-0.2, 0) is 6.42 Å². The molecule has 0 amide bonds. The molecular formula is C12H17N5O2. The number of hydrogen-bond acceptors (Lipinski definition) is 7. The Morgan fingerprint density at radius 2 is 2.26 bits per heavy atom. The highest BCUT2D eigenvalue weighted by Crippen LogP contribution is 2.09. The monoisotopic (exact) mass is 263 g/mol. The second-order valence-electron chi connectivity index (χ2n) is 3.90. The van der Waals surface area contributed by atoms with Gasteiger partial charge in [0, 0.05) is 13.0 Å². The Bertz CT molecular complexity index is 501. The van der Waals surface area contributed by atoms with Crippen molar-refractivity contribution in [1.29, 1.82) is 0 Å². The molecule has 0 bridgehead atoms. The Hall–Kier alpha value is -2.31. The highest BCUT2D eigenvalue weighted by molar-refractivity contribution is 5.32. The molecule has 0 aliphatic rings. The van der Waals surface area contributed by atoms with Gasteiger partial charge in [-0.05, 0) is 18.6 Å². The normalized spacial score (nSPS) is 10.4. The Labute approximate surface area is 111 Å². The molecular weight excluding hydrogens is 246 g/mol. The Balaban J connectivity index is 1.90. The second kappa shape index (κ2) is 6.58. The molecule has 7 nitrogen and oxygen atoms in total. The number of furan rings is 1. The van der Waals surface area contributed by atoms with Crippen molar-refractivity contribution in [3.63, 3.8) is 0 Å². The maximum Gasteiger partial charge on any atom is 0.323 e. The summed E-state index contributed by atoms with van der Waals surface area (Å²) in [6, 6.07) is 4.02. The highest BCUT2D eigenvalue weighted by atomic mass is 16.5. The molecule has 2 aromatic heterocycles. The van der Waals surface area contributed by atoms with Crippen LogP contribution in [0, 0.1) is 0 Å². The predicted molar refractivity (Wildman–Crippen MR) is 70.9 cm³/mol. The quantitative estimate of drug-likeness (QED) is 0.780. The van der Waals surface area contributed by atoms with E-state index in [1.165, 1.54) is 0 Å². The first-order valence-electron chi connectivity index (χ1n) is 6.18. The number of hydrogen-bond donors (Lipinski definition) is 2.